The first kappa shape index (κ1) is 17.8. The van der Waals surface area contributed by atoms with Crippen LogP contribution in [0.25, 0.3) is 11.0 Å². The predicted molar refractivity (Wildman–Crippen MR) is 107 cm³/mol. The second kappa shape index (κ2) is 7.55. The highest BCUT2D eigenvalue weighted by Gasteiger charge is 2.26. The predicted octanol–water partition coefficient (Wildman–Crippen LogP) is 5.11. The Hall–Kier alpha value is -2.62. The van der Waals surface area contributed by atoms with Gasteiger partial charge in [0.05, 0.1) is 12.6 Å². The van der Waals surface area contributed by atoms with Crippen LogP contribution < -0.4 is 0 Å². The van der Waals surface area contributed by atoms with Crippen molar-refractivity contribution in [1.29, 1.82) is 0 Å². The van der Waals surface area contributed by atoms with Crippen LogP contribution in [0, 0.1) is 12.8 Å². The van der Waals surface area contributed by atoms with Gasteiger partial charge in [0.15, 0.2) is 0 Å². The monoisotopic (exact) mass is 362 g/mol. The van der Waals surface area contributed by atoms with Crippen molar-refractivity contribution in [2.75, 3.05) is 7.11 Å². The molecule has 27 heavy (non-hydrogen) atoms. The van der Waals surface area contributed by atoms with E-state index in [1.807, 2.05) is 13.0 Å². The number of methoxy groups -OCH3 is 1. The van der Waals surface area contributed by atoms with Crippen molar-refractivity contribution in [3.63, 3.8) is 0 Å². The van der Waals surface area contributed by atoms with E-state index in [2.05, 4.69) is 45.9 Å². The molecule has 1 saturated carbocycles. The molecule has 0 N–H and O–H groups in total. The van der Waals surface area contributed by atoms with E-state index in [0.717, 1.165) is 23.3 Å². The summed E-state index contributed by atoms with van der Waals surface area (Å²) in [5.74, 6) is 1.00. The van der Waals surface area contributed by atoms with E-state index in [9.17, 15) is 4.79 Å². The fraction of sp³-hybridized carbons (Fsp3) is 0.391. The topological polar surface area (TPSA) is 44.1 Å². The molecule has 4 rings (SSSR count). The molecule has 0 radical (unpaired) electrons. The van der Waals surface area contributed by atoms with Gasteiger partial charge in [0.1, 0.15) is 11.1 Å². The zero-order valence-electron chi connectivity index (χ0n) is 16.0. The molecule has 1 aromatic carbocycles. The first-order chi connectivity index (χ1) is 13.2. The van der Waals surface area contributed by atoms with Gasteiger partial charge >= 0.3 is 5.97 Å². The summed E-state index contributed by atoms with van der Waals surface area (Å²) in [6.45, 7) is 2.94. The van der Waals surface area contributed by atoms with Crippen molar-refractivity contribution in [2.45, 2.75) is 45.1 Å². The molecule has 1 aliphatic carbocycles. The Morgan fingerprint density at radius 2 is 1.85 bits per heavy atom. The SMILES string of the molecule is COC(=O)c1c(C)n(CC2CCC(c3ccccc3)CC2)c2cccnc12. The maximum Gasteiger partial charge on any atom is 0.341 e. The van der Waals surface area contributed by atoms with Gasteiger partial charge in [0, 0.05) is 18.4 Å². The average molecular weight is 362 g/mol. The molecule has 0 unspecified atom stereocenters. The Morgan fingerprint density at radius 1 is 1.11 bits per heavy atom. The van der Waals surface area contributed by atoms with Crippen LogP contribution in [0.3, 0.4) is 0 Å². The lowest BCUT2D eigenvalue weighted by molar-refractivity contribution is 0.0601. The van der Waals surface area contributed by atoms with E-state index < -0.39 is 0 Å². The summed E-state index contributed by atoms with van der Waals surface area (Å²) >= 11 is 0. The molecule has 0 bridgehead atoms. The van der Waals surface area contributed by atoms with Crippen LogP contribution in [-0.2, 0) is 11.3 Å². The van der Waals surface area contributed by atoms with Gasteiger partial charge < -0.3 is 9.30 Å². The van der Waals surface area contributed by atoms with E-state index in [1.165, 1.54) is 38.4 Å². The second-order valence-corrected chi connectivity index (χ2v) is 7.56. The van der Waals surface area contributed by atoms with E-state index in [0.29, 0.717) is 17.4 Å². The minimum Gasteiger partial charge on any atom is -0.465 e. The summed E-state index contributed by atoms with van der Waals surface area (Å²) in [7, 11) is 1.43. The number of carbonyl (C=O) groups is 1. The molecular weight excluding hydrogens is 336 g/mol. The summed E-state index contributed by atoms with van der Waals surface area (Å²) in [6, 6.07) is 14.9. The van der Waals surface area contributed by atoms with E-state index in [4.69, 9.17) is 4.74 Å². The van der Waals surface area contributed by atoms with Crippen molar-refractivity contribution in [3.8, 4) is 0 Å². The Bertz CT molecular complexity index is 938. The van der Waals surface area contributed by atoms with Crippen LogP contribution in [0.2, 0.25) is 0 Å². The number of ether oxygens (including phenoxy) is 1. The molecule has 1 aliphatic rings. The van der Waals surface area contributed by atoms with Crippen molar-refractivity contribution >= 4 is 17.0 Å². The summed E-state index contributed by atoms with van der Waals surface area (Å²) in [5, 5.41) is 0. The second-order valence-electron chi connectivity index (χ2n) is 7.56. The summed E-state index contributed by atoms with van der Waals surface area (Å²) < 4.78 is 7.27. The maximum atomic E-state index is 12.3. The van der Waals surface area contributed by atoms with Crippen molar-refractivity contribution in [2.24, 2.45) is 5.92 Å². The number of esters is 1. The van der Waals surface area contributed by atoms with Gasteiger partial charge in [-0.05, 0) is 62.1 Å². The normalized spacial score (nSPS) is 19.9. The number of benzene rings is 1. The van der Waals surface area contributed by atoms with Crippen LogP contribution in [0.5, 0.6) is 0 Å². The number of rotatable bonds is 4. The number of hydrogen-bond donors (Lipinski definition) is 0. The van der Waals surface area contributed by atoms with E-state index in [-0.39, 0.29) is 5.97 Å². The molecule has 0 saturated heterocycles. The fourth-order valence-electron chi connectivity index (χ4n) is 4.54. The molecule has 4 nitrogen and oxygen atoms in total. The first-order valence-electron chi connectivity index (χ1n) is 9.76. The number of pyridine rings is 1. The lowest BCUT2D eigenvalue weighted by Gasteiger charge is -2.29. The minimum atomic E-state index is -0.303. The maximum absolute atomic E-state index is 12.3. The number of nitrogens with zero attached hydrogens (tertiary/aromatic N) is 2. The van der Waals surface area contributed by atoms with Crippen molar-refractivity contribution < 1.29 is 9.53 Å². The highest BCUT2D eigenvalue weighted by molar-refractivity contribution is 6.04. The van der Waals surface area contributed by atoms with E-state index in [1.54, 1.807) is 6.20 Å². The molecular formula is C23H26N2O2. The molecule has 0 aliphatic heterocycles. The van der Waals surface area contributed by atoms with Gasteiger partial charge in [-0.2, -0.15) is 0 Å². The van der Waals surface area contributed by atoms with Gasteiger partial charge in [-0.3, -0.25) is 4.98 Å². The van der Waals surface area contributed by atoms with E-state index >= 15 is 0 Å². The Kier molecular flexibility index (Phi) is 4.97. The van der Waals surface area contributed by atoms with Gasteiger partial charge in [0.2, 0.25) is 0 Å². The lowest BCUT2D eigenvalue weighted by Crippen LogP contribution is -2.19. The third-order valence-corrected chi connectivity index (χ3v) is 6.03. The molecule has 0 amide bonds. The van der Waals surface area contributed by atoms with Gasteiger partial charge in [-0.15, -0.1) is 0 Å². The smallest absolute Gasteiger partial charge is 0.341 e. The van der Waals surface area contributed by atoms with Crippen LogP contribution >= 0.6 is 0 Å². The Morgan fingerprint density at radius 3 is 2.56 bits per heavy atom. The Balaban J connectivity index is 1.55. The number of fused-ring (bicyclic) bond motifs is 1. The fourth-order valence-corrected chi connectivity index (χ4v) is 4.54. The molecule has 4 heteroatoms. The van der Waals surface area contributed by atoms with Crippen LogP contribution in [0.4, 0.5) is 0 Å². The average Bonchev–Trinajstić information content (AvgIpc) is 3.00. The highest BCUT2D eigenvalue weighted by atomic mass is 16.5. The van der Waals surface area contributed by atoms with Crippen LogP contribution in [0.15, 0.2) is 48.7 Å². The third-order valence-electron chi connectivity index (χ3n) is 6.03. The molecule has 140 valence electrons. The molecule has 0 atom stereocenters. The summed E-state index contributed by atoms with van der Waals surface area (Å²) in [4.78, 5) is 16.7. The molecule has 2 heterocycles. The highest BCUT2D eigenvalue weighted by Crippen LogP contribution is 2.37. The Labute approximate surface area is 160 Å². The minimum absolute atomic E-state index is 0.303. The zero-order valence-corrected chi connectivity index (χ0v) is 16.0. The number of carbonyl (C=O) groups excluding carboxylic acids is 1. The van der Waals surface area contributed by atoms with Gasteiger partial charge in [-0.25, -0.2) is 4.79 Å². The standard InChI is InChI=1S/C23H26N2O2/c1-16-21(23(26)27-2)22-20(9-6-14-24-22)25(16)15-17-10-12-19(13-11-17)18-7-4-3-5-8-18/h3-9,14,17,19H,10-13,15H2,1-2H3. The largest absolute Gasteiger partial charge is 0.465 e. The molecule has 1 fully saturated rings. The zero-order chi connectivity index (χ0) is 18.8. The lowest BCUT2D eigenvalue weighted by atomic mass is 9.78. The molecule has 3 aromatic rings. The molecule has 2 aromatic heterocycles. The van der Waals surface area contributed by atoms with Crippen molar-refractivity contribution in [3.05, 3.63) is 65.5 Å². The number of hydrogen-bond acceptors (Lipinski definition) is 3. The number of aromatic nitrogens is 2. The van der Waals surface area contributed by atoms with Gasteiger partial charge in [-0.1, -0.05) is 30.3 Å². The van der Waals surface area contributed by atoms with Crippen molar-refractivity contribution in [1.82, 2.24) is 9.55 Å². The summed E-state index contributed by atoms with van der Waals surface area (Å²) in [6.07, 6.45) is 6.63. The quantitative estimate of drug-likeness (QED) is 0.606. The molecule has 0 spiro atoms. The summed E-state index contributed by atoms with van der Waals surface area (Å²) in [5.41, 5.74) is 4.81. The van der Waals surface area contributed by atoms with Crippen LogP contribution in [0.1, 0.15) is 53.2 Å². The first-order valence-corrected chi connectivity index (χ1v) is 9.76. The third kappa shape index (κ3) is 3.36. The van der Waals surface area contributed by atoms with Crippen LogP contribution in [-0.4, -0.2) is 22.6 Å². The van der Waals surface area contributed by atoms with Gasteiger partial charge in [0.25, 0.3) is 0 Å².